The van der Waals surface area contributed by atoms with E-state index in [1.807, 2.05) is 51.1 Å². The number of carbonyl (C=O) groups is 2. The smallest absolute Gasteiger partial charge is 0.306 e. The largest absolute Gasteiger partial charge is 0.457 e. The summed E-state index contributed by atoms with van der Waals surface area (Å²) in [6.07, 6.45) is 12.2. The van der Waals surface area contributed by atoms with Gasteiger partial charge in [-0.2, -0.15) is 0 Å². The molecule has 294 valence electrons. The Hall–Kier alpha value is -2.14. The fourth-order valence-corrected chi connectivity index (χ4v) is 9.36. The first-order chi connectivity index (χ1) is 23.8. The van der Waals surface area contributed by atoms with Gasteiger partial charge in [0.1, 0.15) is 11.9 Å². The average molecular weight is 754 g/mol. The molecule has 0 amide bonds. The van der Waals surface area contributed by atoms with E-state index in [1.54, 1.807) is 6.20 Å². The van der Waals surface area contributed by atoms with E-state index in [0.29, 0.717) is 19.3 Å². The van der Waals surface area contributed by atoms with Crippen molar-refractivity contribution in [2.75, 3.05) is 0 Å². The van der Waals surface area contributed by atoms with E-state index in [0.717, 1.165) is 37.0 Å². The summed E-state index contributed by atoms with van der Waals surface area (Å²) in [7, 11) is -4.61. The van der Waals surface area contributed by atoms with Crippen LogP contribution in [0.2, 0.25) is 36.3 Å². The van der Waals surface area contributed by atoms with Crippen LogP contribution in [0.5, 0.6) is 0 Å². The van der Waals surface area contributed by atoms with E-state index in [9.17, 15) is 4.79 Å². The Morgan fingerprint density at radius 3 is 2.17 bits per heavy atom. The monoisotopic (exact) mass is 754 g/mol. The minimum atomic E-state index is -2.35. The quantitative estimate of drug-likeness (QED) is 0.142. The Bertz CT molecular complexity index is 1380. The number of ether oxygens (including phenoxy) is 1. The van der Waals surface area contributed by atoms with Gasteiger partial charge < -0.3 is 13.6 Å². The lowest BCUT2D eigenvalue weighted by Crippen LogP contribution is -2.54. The molecule has 8 heteroatoms. The van der Waals surface area contributed by atoms with Gasteiger partial charge in [0.25, 0.3) is 0 Å². The summed E-state index contributed by atoms with van der Waals surface area (Å²) in [5.41, 5.74) is 2.17. The topological polar surface area (TPSA) is 74.7 Å². The maximum absolute atomic E-state index is 15.3. The summed E-state index contributed by atoms with van der Waals surface area (Å²) in [6.45, 7) is 37.1. The number of Topliss-reactive ketones (excluding diaryl/α,β-unsaturated/α-hetero) is 1. The Morgan fingerprint density at radius 2 is 1.62 bits per heavy atom. The van der Waals surface area contributed by atoms with Crippen LogP contribution in [-0.4, -0.2) is 51.7 Å². The van der Waals surface area contributed by atoms with Crippen LogP contribution in [0.3, 0.4) is 0 Å². The minimum Gasteiger partial charge on any atom is -0.457 e. The molecule has 0 N–H and O–H groups in total. The SMILES string of the molecule is C=CCC[C@H]1C(=O)C(C)(C)[C@@H](O[Si](C)(C)C(C)(C)C)CCC(=O)O[C@H](/C(C)=C/c2ccccn2)C/C=C(/C)CCC[C@H](C)[C@@H]1O[Si](C)(C)C(C)(C)C. The van der Waals surface area contributed by atoms with Gasteiger partial charge in [-0.15, -0.1) is 6.58 Å². The Labute approximate surface area is 320 Å². The van der Waals surface area contributed by atoms with E-state index in [1.165, 1.54) is 5.57 Å². The molecular formula is C44H75NO5Si2. The third-order valence-electron chi connectivity index (χ3n) is 12.3. The highest BCUT2D eigenvalue weighted by atomic mass is 28.4. The van der Waals surface area contributed by atoms with Crippen molar-refractivity contribution in [1.29, 1.82) is 0 Å². The number of ketones is 1. The van der Waals surface area contributed by atoms with Crippen molar-refractivity contribution in [2.24, 2.45) is 17.3 Å². The third kappa shape index (κ3) is 13.0. The van der Waals surface area contributed by atoms with Crippen molar-refractivity contribution in [2.45, 2.75) is 182 Å². The molecule has 0 spiro atoms. The van der Waals surface area contributed by atoms with Gasteiger partial charge in [-0.1, -0.05) is 86.1 Å². The molecule has 2 rings (SSSR count). The van der Waals surface area contributed by atoms with Gasteiger partial charge in [0.2, 0.25) is 0 Å². The van der Waals surface area contributed by atoms with Crippen LogP contribution in [0, 0.1) is 17.3 Å². The van der Waals surface area contributed by atoms with Crippen molar-refractivity contribution >= 4 is 34.5 Å². The van der Waals surface area contributed by atoms with E-state index >= 15 is 4.79 Å². The van der Waals surface area contributed by atoms with Crippen molar-refractivity contribution in [1.82, 2.24) is 4.98 Å². The Balaban J connectivity index is 2.72. The van der Waals surface area contributed by atoms with Gasteiger partial charge in [0.05, 0.1) is 17.9 Å². The Kier molecular flexibility index (Phi) is 16.8. The number of pyridine rings is 1. The molecule has 5 atom stereocenters. The number of nitrogens with zero attached hydrogens (tertiary/aromatic N) is 1. The summed E-state index contributed by atoms with van der Waals surface area (Å²) in [4.78, 5) is 33.6. The average Bonchev–Trinajstić information content (AvgIpc) is 3.03. The molecule has 0 saturated carbocycles. The number of aromatic nitrogens is 1. The second-order valence-electron chi connectivity index (χ2n) is 19.1. The molecule has 0 radical (unpaired) electrons. The lowest BCUT2D eigenvalue weighted by molar-refractivity contribution is -0.150. The van der Waals surface area contributed by atoms with Crippen molar-refractivity contribution in [3.63, 3.8) is 0 Å². The number of cyclic esters (lactones) is 1. The molecule has 1 aromatic rings. The van der Waals surface area contributed by atoms with E-state index in [-0.39, 0.29) is 46.2 Å². The van der Waals surface area contributed by atoms with E-state index in [2.05, 4.69) is 99.2 Å². The predicted octanol–water partition coefficient (Wildman–Crippen LogP) is 12.3. The molecule has 0 saturated heterocycles. The molecule has 0 unspecified atom stereocenters. The summed E-state index contributed by atoms with van der Waals surface area (Å²) in [5.74, 6) is -0.273. The lowest BCUT2D eigenvalue weighted by atomic mass is 9.71. The predicted molar refractivity (Wildman–Crippen MR) is 224 cm³/mol. The summed E-state index contributed by atoms with van der Waals surface area (Å²) in [6, 6.07) is 5.81. The molecule has 1 aliphatic rings. The standard InChI is InChI=1S/C44H75NO5Si2/c1-17-18-25-36-40(50-52(15,16)43(8,9)10)33(3)23-21-22-32(2)26-27-37(34(4)31-35-24-19-20-30-45-35)48-39(46)29-28-38(44(11,12)41(36)47)49-51(13,14)42(5,6)7/h17,19-20,24,26,30-31,33,36-38,40H,1,18,21-23,25,27-29H2,2-16H3/b32-26-,34-31+/t33-,36+,37-,38-,40-/m0/s1. The van der Waals surface area contributed by atoms with Crippen molar-refractivity contribution in [3.05, 3.63) is 60.0 Å². The van der Waals surface area contributed by atoms with Crippen molar-refractivity contribution in [3.8, 4) is 0 Å². The van der Waals surface area contributed by atoms with Crippen LogP contribution < -0.4 is 0 Å². The molecule has 0 bridgehead atoms. The second kappa shape index (κ2) is 18.9. The number of hydrogen-bond donors (Lipinski definition) is 0. The van der Waals surface area contributed by atoms with Gasteiger partial charge in [-0.3, -0.25) is 14.6 Å². The number of allylic oxidation sites excluding steroid dienone is 2. The van der Waals surface area contributed by atoms with E-state index < -0.39 is 34.3 Å². The molecular weight excluding hydrogens is 679 g/mol. The van der Waals surface area contributed by atoms with Gasteiger partial charge >= 0.3 is 5.97 Å². The second-order valence-corrected chi connectivity index (χ2v) is 28.6. The zero-order chi connectivity index (χ0) is 39.7. The molecule has 0 fully saturated rings. The molecule has 2 heterocycles. The fraction of sp³-hybridized carbons (Fsp3) is 0.705. The summed E-state index contributed by atoms with van der Waals surface area (Å²) >= 11 is 0. The van der Waals surface area contributed by atoms with Gasteiger partial charge in [-0.05, 0) is 118 Å². The Morgan fingerprint density at radius 1 is 1.00 bits per heavy atom. The van der Waals surface area contributed by atoms with Crippen LogP contribution in [0.15, 0.2) is 54.3 Å². The highest BCUT2D eigenvalue weighted by molar-refractivity contribution is 6.74. The molecule has 6 nitrogen and oxygen atoms in total. The maximum Gasteiger partial charge on any atom is 0.306 e. The zero-order valence-electron chi connectivity index (χ0n) is 35.8. The first-order valence-corrected chi connectivity index (χ1v) is 25.6. The highest BCUT2D eigenvalue weighted by Gasteiger charge is 2.50. The van der Waals surface area contributed by atoms with Crippen LogP contribution >= 0.6 is 0 Å². The van der Waals surface area contributed by atoms with Crippen LogP contribution in [0.25, 0.3) is 6.08 Å². The first kappa shape index (κ1) is 46.0. The summed E-state index contributed by atoms with van der Waals surface area (Å²) in [5, 5.41) is -0.0807. The van der Waals surface area contributed by atoms with E-state index in [4.69, 9.17) is 13.6 Å². The minimum absolute atomic E-state index is 0.00483. The molecule has 0 aliphatic carbocycles. The number of esters is 1. The zero-order valence-corrected chi connectivity index (χ0v) is 37.8. The van der Waals surface area contributed by atoms with Crippen molar-refractivity contribution < 1.29 is 23.2 Å². The normalized spacial score (nSPS) is 26.6. The van der Waals surface area contributed by atoms with Gasteiger partial charge in [0.15, 0.2) is 16.6 Å². The maximum atomic E-state index is 15.3. The highest BCUT2D eigenvalue weighted by Crippen LogP contribution is 2.45. The summed E-state index contributed by atoms with van der Waals surface area (Å²) < 4.78 is 20.8. The van der Waals surface area contributed by atoms with Crippen LogP contribution in [0.4, 0.5) is 0 Å². The lowest BCUT2D eigenvalue weighted by Gasteiger charge is -2.47. The molecule has 52 heavy (non-hydrogen) atoms. The van der Waals surface area contributed by atoms with Crippen LogP contribution in [-0.2, 0) is 23.2 Å². The number of carbonyl (C=O) groups excluding carboxylic acids is 2. The first-order valence-electron chi connectivity index (χ1n) is 19.8. The van der Waals surface area contributed by atoms with Crippen LogP contribution in [0.1, 0.15) is 133 Å². The molecule has 1 aromatic heterocycles. The van der Waals surface area contributed by atoms with Gasteiger partial charge in [-0.25, -0.2) is 0 Å². The number of rotatable bonds is 9. The van der Waals surface area contributed by atoms with Gasteiger partial charge in [0, 0.05) is 30.4 Å². The molecule has 0 aromatic carbocycles. The molecule has 1 aliphatic heterocycles. The number of hydrogen-bond acceptors (Lipinski definition) is 6. The fourth-order valence-electron chi connectivity index (χ4n) is 6.45. The third-order valence-corrected chi connectivity index (χ3v) is 21.2.